The normalized spacial score (nSPS) is 15.8. The molecule has 19 heavy (non-hydrogen) atoms. The standard InChI is InChI=1S/C15H15FN2S/c16-12-7-5-11(6-8-12)15-17-13(9-14(19)18-15)10-3-1-2-4-10/h5-10H,1-4H2,(H,17,18,19). The van der Waals surface area contributed by atoms with Crippen molar-refractivity contribution in [1.82, 2.24) is 9.97 Å². The highest BCUT2D eigenvalue weighted by Crippen LogP contribution is 2.33. The molecule has 0 saturated heterocycles. The smallest absolute Gasteiger partial charge is 0.139 e. The lowest BCUT2D eigenvalue weighted by Crippen LogP contribution is -2.00. The third-order valence-electron chi connectivity index (χ3n) is 3.68. The van der Waals surface area contributed by atoms with Crippen molar-refractivity contribution in [2.75, 3.05) is 0 Å². The van der Waals surface area contributed by atoms with E-state index in [-0.39, 0.29) is 5.82 Å². The number of rotatable bonds is 2. The Morgan fingerprint density at radius 1 is 1.16 bits per heavy atom. The van der Waals surface area contributed by atoms with Gasteiger partial charge in [0, 0.05) is 11.3 Å². The predicted octanol–water partition coefficient (Wildman–Crippen LogP) is 4.60. The van der Waals surface area contributed by atoms with Crippen LogP contribution in [0, 0.1) is 10.5 Å². The van der Waals surface area contributed by atoms with Crippen LogP contribution in [0.1, 0.15) is 37.3 Å². The number of nitrogens with one attached hydrogen (secondary N) is 1. The van der Waals surface area contributed by atoms with E-state index in [9.17, 15) is 4.39 Å². The van der Waals surface area contributed by atoms with Gasteiger partial charge in [-0.2, -0.15) is 0 Å². The number of halogens is 1. The first-order valence-corrected chi connectivity index (χ1v) is 7.00. The van der Waals surface area contributed by atoms with E-state index >= 15 is 0 Å². The minimum atomic E-state index is -0.241. The zero-order valence-electron chi connectivity index (χ0n) is 10.5. The van der Waals surface area contributed by atoms with E-state index in [2.05, 4.69) is 9.97 Å². The van der Waals surface area contributed by atoms with Gasteiger partial charge in [-0.05, 0) is 49.1 Å². The first-order valence-electron chi connectivity index (χ1n) is 6.59. The molecule has 1 heterocycles. The van der Waals surface area contributed by atoms with Gasteiger partial charge in [-0.1, -0.05) is 25.1 Å². The number of benzene rings is 1. The highest BCUT2D eigenvalue weighted by Gasteiger charge is 2.18. The van der Waals surface area contributed by atoms with Crippen molar-refractivity contribution in [1.29, 1.82) is 0 Å². The van der Waals surface area contributed by atoms with E-state index in [1.54, 1.807) is 12.1 Å². The lowest BCUT2D eigenvalue weighted by Gasteiger charge is -2.11. The molecule has 0 aliphatic heterocycles. The Morgan fingerprint density at radius 3 is 2.53 bits per heavy atom. The second-order valence-electron chi connectivity index (χ2n) is 5.01. The van der Waals surface area contributed by atoms with Crippen LogP contribution in [0.4, 0.5) is 4.39 Å². The fourth-order valence-corrected chi connectivity index (χ4v) is 2.90. The van der Waals surface area contributed by atoms with Gasteiger partial charge in [0.1, 0.15) is 16.3 Å². The Hall–Kier alpha value is -1.55. The van der Waals surface area contributed by atoms with Crippen LogP contribution in [0.5, 0.6) is 0 Å². The second kappa shape index (κ2) is 5.21. The molecular weight excluding hydrogens is 259 g/mol. The van der Waals surface area contributed by atoms with Crippen LogP contribution in [0.25, 0.3) is 11.4 Å². The van der Waals surface area contributed by atoms with Gasteiger partial charge < -0.3 is 4.98 Å². The van der Waals surface area contributed by atoms with Crippen molar-refractivity contribution < 1.29 is 4.39 Å². The van der Waals surface area contributed by atoms with Crippen molar-refractivity contribution in [3.8, 4) is 11.4 Å². The Kier molecular flexibility index (Phi) is 3.42. The Bertz CT molecular complexity index is 627. The monoisotopic (exact) mass is 274 g/mol. The zero-order chi connectivity index (χ0) is 13.2. The van der Waals surface area contributed by atoms with Gasteiger partial charge in [0.25, 0.3) is 0 Å². The molecule has 4 heteroatoms. The first-order chi connectivity index (χ1) is 9.22. The molecular formula is C15H15FN2S. The summed E-state index contributed by atoms with van der Waals surface area (Å²) in [7, 11) is 0. The van der Waals surface area contributed by atoms with E-state index in [0.29, 0.717) is 10.6 Å². The van der Waals surface area contributed by atoms with Gasteiger partial charge in [-0.25, -0.2) is 9.37 Å². The molecule has 1 aliphatic carbocycles. The molecule has 0 radical (unpaired) electrons. The summed E-state index contributed by atoms with van der Waals surface area (Å²) >= 11 is 5.24. The van der Waals surface area contributed by atoms with Crippen molar-refractivity contribution in [2.45, 2.75) is 31.6 Å². The molecule has 1 fully saturated rings. The van der Waals surface area contributed by atoms with E-state index in [4.69, 9.17) is 12.2 Å². The largest absolute Gasteiger partial charge is 0.343 e. The van der Waals surface area contributed by atoms with Gasteiger partial charge in [0.15, 0.2) is 0 Å². The molecule has 1 N–H and O–H groups in total. The van der Waals surface area contributed by atoms with Crippen LogP contribution in [-0.2, 0) is 0 Å². The fourth-order valence-electron chi connectivity index (χ4n) is 2.68. The zero-order valence-corrected chi connectivity index (χ0v) is 11.3. The number of H-pyrrole nitrogens is 1. The van der Waals surface area contributed by atoms with Gasteiger partial charge >= 0.3 is 0 Å². The molecule has 2 aromatic rings. The summed E-state index contributed by atoms with van der Waals surface area (Å²) in [6.07, 6.45) is 4.97. The SMILES string of the molecule is Fc1ccc(-c2nc(=S)cc(C3CCCC3)[nH]2)cc1. The third-order valence-corrected chi connectivity index (χ3v) is 3.89. The highest BCUT2D eigenvalue weighted by atomic mass is 32.1. The molecule has 3 rings (SSSR count). The van der Waals surface area contributed by atoms with Crippen LogP contribution < -0.4 is 0 Å². The summed E-state index contributed by atoms with van der Waals surface area (Å²) in [5, 5.41) is 0. The summed E-state index contributed by atoms with van der Waals surface area (Å²) < 4.78 is 13.6. The maximum Gasteiger partial charge on any atom is 0.139 e. The molecule has 0 unspecified atom stereocenters. The molecule has 0 bridgehead atoms. The van der Waals surface area contributed by atoms with E-state index in [1.165, 1.54) is 37.8 Å². The molecule has 1 aromatic heterocycles. The van der Waals surface area contributed by atoms with E-state index in [0.717, 1.165) is 17.1 Å². The highest BCUT2D eigenvalue weighted by molar-refractivity contribution is 7.71. The first kappa shape index (κ1) is 12.5. The van der Waals surface area contributed by atoms with Crippen molar-refractivity contribution in [3.05, 3.63) is 46.5 Å². The molecule has 98 valence electrons. The molecule has 0 amide bonds. The van der Waals surface area contributed by atoms with E-state index < -0.39 is 0 Å². The summed E-state index contributed by atoms with van der Waals surface area (Å²) in [4.78, 5) is 7.70. The van der Waals surface area contributed by atoms with E-state index in [1.807, 2.05) is 6.07 Å². The van der Waals surface area contributed by atoms with Gasteiger partial charge in [-0.3, -0.25) is 0 Å². The Balaban J connectivity index is 2.01. The van der Waals surface area contributed by atoms with Crippen LogP contribution in [0.3, 0.4) is 0 Å². The van der Waals surface area contributed by atoms with Crippen molar-refractivity contribution in [3.63, 3.8) is 0 Å². The van der Waals surface area contributed by atoms with Crippen molar-refractivity contribution in [2.24, 2.45) is 0 Å². The summed E-state index contributed by atoms with van der Waals surface area (Å²) in [6, 6.07) is 8.29. The van der Waals surface area contributed by atoms with Crippen LogP contribution in [0.2, 0.25) is 0 Å². The fraction of sp³-hybridized carbons (Fsp3) is 0.333. The molecule has 2 nitrogen and oxygen atoms in total. The minimum Gasteiger partial charge on any atom is -0.343 e. The Morgan fingerprint density at radius 2 is 1.84 bits per heavy atom. The van der Waals surface area contributed by atoms with Crippen LogP contribution >= 0.6 is 12.2 Å². The van der Waals surface area contributed by atoms with Gasteiger partial charge in [0.05, 0.1) is 0 Å². The summed E-state index contributed by atoms with van der Waals surface area (Å²) in [5.74, 6) is 1.05. The molecule has 0 spiro atoms. The number of aromatic nitrogens is 2. The van der Waals surface area contributed by atoms with Gasteiger partial charge in [0.2, 0.25) is 0 Å². The Labute approximate surface area is 116 Å². The number of hydrogen-bond acceptors (Lipinski definition) is 2. The van der Waals surface area contributed by atoms with Crippen LogP contribution in [-0.4, -0.2) is 9.97 Å². The van der Waals surface area contributed by atoms with Gasteiger partial charge in [-0.15, -0.1) is 0 Å². The molecule has 1 saturated carbocycles. The maximum absolute atomic E-state index is 13.0. The molecule has 1 aromatic carbocycles. The summed E-state index contributed by atoms with van der Waals surface area (Å²) in [5.41, 5.74) is 2.03. The second-order valence-corrected chi connectivity index (χ2v) is 5.43. The summed E-state index contributed by atoms with van der Waals surface area (Å²) in [6.45, 7) is 0. The van der Waals surface area contributed by atoms with Crippen LogP contribution in [0.15, 0.2) is 30.3 Å². The van der Waals surface area contributed by atoms with Crippen molar-refractivity contribution >= 4 is 12.2 Å². The third kappa shape index (κ3) is 2.73. The molecule has 0 atom stereocenters. The lowest BCUT2D eigenvalue weighted by molar-refractivity contribution is 0.628. The lowest BCUT2D eigenvalue weighted by atomic mass is 10.0. The maximum atomic E-state index is 13.0. The minimum absolute atomic E-state index is 0.241. The molecule has 1 aliphatic rings. The number of hydrogen-bond donors (Lipinski definition) is 1. The quantitative estimate of drug-likeness (QED) is 0.811. The topological polar surface area (TPSA) is 28.7 Å². The average molecular weight is 274 g/mol. The number of aromatic amines is 1. The average Bonchev–Trinajstić information content (AvgIpc) is 2.93. The predicted molar refractivity (Wildman–Crippen MR) is 76.0 cm³/mol. The number of nitrogens with zero attached hydrogens (tertiary/aromatic N) is 1.